The van der Waals surface area contributed by atoms with Gasteiger partial charge in [0.15, 0.2) is 0 Å². The standard InChI is InChI=1S/C16H35N/c1-7-9-10-15(8-2)11-17-12-16(13(3)4)14(5)6/h13-17H,7-12H2,1-6H3. The Morgan fingerprint density at radius 3 is 1.88 bits per heavy atom. The molecule has 1 nitrogen and oxygen atoms in total. The number of hydrogen-bond donors (Lipinski definition) is 1. The molecular weight excluding hydrogens is 206 g/mol. The first kappa shape index (κ1) is 17.0. The zero-order valence-electron chi connectivity index (χ0n) is 13.1. The highest BCUT2D eigenvalue weighted by Gasteiger charge is 2.17. The van der Waals surface area contributed by atoms with Crippen LogP contribution >= 0.6 is 0 Å². The molecule has 1 unspecified atom stereocenters. The quantitative estimate of drug-likeness (QED) is 0.583. The molecule has 0 heterocycles. The van der Waals surface area contributed by atoms with Crippen LogP contribution in [0.4, 0.5) is 0 Å². The average molecular weight is 241 g/mol. The van der Waals surface area contributed by atoms with Gasteiger partial charge in [0, 0.05) is 0 Å². The molecule has 104 valence electrons. The van der Waals surface area contributed by atoms with E-state index in [4.69, 9.17) is 0 Å². The second kappa shape index (κ2) is 9.94. The van der Waals surface area contributed by atoms with Gasteiger partial charge in [-0.25, -0.2) is 0 Å². The molecule has 1 N–H and O–H groups in total. The predicted molar refractivity (Wildman–Crippen MR) is 79.3 cm³/mol. The average Bonchev–Trinajstić information content (AvgIpc) is 2.27. The maximum Gasteiger partial charge on any atom is -0.00155 e. The third kappa shape index (κ3) is 7.81. The highest BCUT2D eigenvalue weighted by Crippen LogP contribution is 2.19. The summed E-state index contributed by atoms with van der Waals surface area (Å²) in [4.78, 5) is 0. The van der Waals surface area contributed by atoms with Crippen LogP contribution in [0.3, 0.4) is 0 Å². The molecule has 0 amide bonds. The van der Waals surface area contributed by atoms with Crippen molar-refractivity contribution in [3.63, 3.8) is 0 Å². The van der Waals surface area contributed by atoms with Crippen molar-refractivity contribution in [2.75, 3.05) is 13.1 Å². The molecule has 0 saturated carbocycles. The summed E-state index contributed by atoms with van der Waals surface area (Å²) in [5.41, 5.74) is 0. The van der Waals surface area contributed by atoms with E-state index in [2.05, 4.69) is 46.9 Å². The van der Waals surface area contributed by atoms with Crippen LogP contribution in [-0.2, 0) is 0 Å². The lowest BCUT2D eigenvalue weighted by Gasteiger charge is -2.26. The smallest absolute Gasteiger partial charge is 0.00155 e. The summed E-state index contributed by atoms with van der Waals surface area (Å²) in [6.07, 6.45) is 5.43. The summed E-state index contributed by atoms with van der Waals surface area (Å²) < 4.78 is 0. The first-order valence-corrected chi connectivity index (χ1v) is 7.73. The molecule has 0 aromatic carbocycles. The molecule has 0 fully saturated rings. The molecule has 0 aromatic rings. The number of nitrogens with one attached hydrogen (secondary N) is 1. The molecule has 0 aliphatic heterocycles. The predicted octanol–water partition coefficient (Wildman–Crippen LogP) is 4.72. The van der Waals surface area contributed by atoms with Gasteiger partial charge in [0.2, 0.25) is 0 Å². The van der Waals surface area contributed by atoms with E-state index in [1.165, 1.54) is 38.8 Å². The van der Waals surface area contributed by atoms with E-state index in [1.807, 2.05) is 0 Å². The lowest BCUT2D eigenvalue weighted by Crippen LogP contribution is -2.32. The molecular formula is C16H35N. The lowest BCUT2D eigenvalue weighted by molar-refractivity contribution is 0.267. The van der Waals surface area contributed by atoms with Gasteiger partial charge in [-0.3, -0.25) is 0 Å². The Kier molecular flexibility index (Phi) is 9.91. The minimum Gasteiger partial charge on any atom is -0.316 e. The van der Waals surface area contributed by atoms with Gasteiger partial charge in [0.25, 0.3) is 0 Å². The van der Waals surface area contributed by atoms with Gasteiger partial charge in [-0.2, -0.15) is 0 Å². The lowest BCUT2D eigenvalue weighted by atomic mass is 9.85. The summed E-state index contributed by atoms with van der Waals surface area (Å²) in [6.45, 7) is 16.4. The number of hydrogen-bond acceptors (Lipinski definition) is 1. The molecule has 0 bridgehead atoms. The summed E-state index contributed by atoms with van der Waals surface area (Å²) >= 11 is 0. The molecule has 17 heavy (non-hydrogen) atoms. The largest absolute Gasteiger partial charge is 0.316 e. The van der Waals surface area contributed by atoms with Gasteiger partial charge in [-0.05, 0) is 43.2 Å². The third-order valence-corrected chi connectivity index (χ3v) is 4.07. The molecule has 0 radical (unpaired) electrons. The minimum atomic E-state index is 0.790. The fourth-order valence-electron chi connectivity index (χ4n) is 2.64. The van der Waals surface area contributed by atoms with Crippen LogP contribution in [0.1, 0.15) is 67.2 Å². The van der Waals surface area contributed by atoms with Gasteiger partial charge in [0.1, 0.15) is 0 Å². The van der Waals surface area contributed by atoms with Gasteiger partial charge in [-0.1, -0.05) is 60.8 Å². The molecule has 0 aliphatic rings. The van der Waals surface area contributed by atoms with E-state index in [9.17, 15) is 0 Å². The summed E-state index contributed by atoms with van der Waals surface area (Å²) in [6, 6.07) is 0. The van der Waals surface area contributed by atoms with Crippen molar-refractivity contribution in [3.05, 3.63) is 0 Å². The maximum atomic E-state index is 3.71. The van der Waals surface area contributed by atoms with Crippen LogP contribution in [0.2, 0.25) is 0 Å². The fraction of sp³-hybridized carbons (Fsp3) is 1.00. The molecule has 0 rings (SSSR count). The second-order valence-electron chi connectivity index (χ2n) is 6.23. The summed E-state index contributed by atoms with van der Waals surface area (Å²) in [5, 5.41) is 3.71. The molecule has 0 aromatic heterocycles. The van der Waals surface area contributed by atoms with E-state index in [1.54, 1.807) is 0 Å². The van der Waals surface area contributed by atoms with Crippen molar-refractivity contribution in [1.29, 1.82) is 0 Å². The van der Waals surface area contributed by atoms with Crippen LogP contribution < -0.4 is 5.32 Å². The van der Waals surface area contributed by atoms with Gasteiger partial charge < -0.3 is 5.32 Å². The number of unbranched alkanes of at least 4 members (excludes halogenated alkanes) is 1. The van der Waals surface area contributed by atoms with E-state index >= 15 is 0 Å². The zero-order chi connectivity index (χ0) is 13.3. The Morgan fingerprint density at radius 1 is 0.882 bits per heavy atom. The highest BCUT2D eigenvalue weighted by atomic mass is 14.9. The zero-order valence-corrected chi connectivity index (χ0v) is 13.1. The van der Waals surface area contributed by atoms with Crippen molar-refractivity contribution in [3.8, 4) is 0 Å². The van der Waals surface area contributed by atoms with E-state index < -0.39 is 0 Å². The molecule has 0 saturated heterocycles. The Balaban J connectivity index is 3.84. The monoisotopic (exact) mass is 241 g/mol. The van der Waals surface area contributed by atoms with E-state index in [0.717, 1.165) is 23.7 Å². The number of rotatable bonds is 10. The van der Waals surface area contributed by atoms with Gasteiger partial charge in [0.05, 0.1) is 0 Å². The van der Waals surface area contributed by atoms with Crippen LogP contribution in [0, 0.1) is 23.7 Å². The van der Waals surface area contributed by atoms with Crippen LogP contribution in [0.5, 0.6) is 0 Å². The minimum absolute atomic E-state index is 0.790. The SMILES string of the molecule is CCCCC(CC)CNCC(C(C)C)C(C)C. The molecule has 0 spiro atoms. The van der Waals surface area contributed by atoms with Crippen molar-refractivity contribution in [1.82, 2.24) is 5.32 Å². The second-order valence-corrected chi connectivity index (χ2v) is 6.23. The molecule has 1 atom stereocenters. The van der Waals surface area contributed by atoms with Gasteiger partial charge >= 0.3 is 0 Å². The molecule has 0 aliphatic carbocycles. The van der Waals surface area contributed by atoms with E-state index in [-0.39, 0.29) is 0 Å². The van der Waals surface area contributed by atoms with Crippen LogP contribution in [0.15, 0.2) is 0 Å². The van der Waals surface area contributed by atoms with Crippen LogP contribution in [-0.4, -0.2) is 13.1 Å². The Labute approximate surface area is 110 Å². The summed E-state index contributed by atoms with van der Waals surface area (Å²) in [5.74, 6) is 3.28. The summed E-state index contributed by atoms with van der Waals surface area (Å²) in [7, 11) is 0. The highest BCUT2D eigenvalue weighted by molar-refractivity contribution is 4.70. The van der Waals surface area contributed by atoms with Crippen molar-refractivity contribution >= 4 is 0 Å². The topological polar surface area (TPSA) is 12.0 Å². The van der Waals surface area contributed by atoms with Crippen molar-refractivity contribution in [2.45, 2.75) is 67.2 Å². The van der Waals surface area contributed by atoms with Crippen molar-refractivity contribution in [2.24, 2.45) is 23.7 Å². The molecule has 1 heteroatoms. The van der Waals surface area contributed by atoms with Crippen molar-refractivity contribution < 1.29 is 0 Å². The normalized spacial score (nSPS) is 13.9. The maximum absolute atomic E-state index is 3.71. The Bertz CT molecular complexity index is 155. The van der Waals surface area contributed by atoms with Crippen LogP contribution in [0.25, 0.3) is 0 Å². The Hall–Kier alpha value is -0.0400. The first-order chi connectivity index (χ1) is 8.02. The Morgan fingerprint density at radius 2 is 1.47 bits per heavy atom. The van der Waals surface area contributed by atoms with E-state index in [0.29, 0.717) is 0 Å². The first-order valence-electron chi connectivity index (χ1n) is 7.73. The van der Waals surface area contributed by atoms with Gasteiger partial charge in [-0.15, -0.1) is 0 Å². The third-order valence-electron chi connectivity index (χ3n) is 4.07. The fourth-order valence-corrected chi connectivity index (χ4v) is 2.64.